The molecule has 1 fully saturated rings. The van der Waals surface area contributed by atoms with Crippen molar-refractivity contribution in [3.8, 4) is 11.3 Å². The zero-order valence-electron chi connectivity index (χ0n) is 15.0. The Morgan fingerprint density at radius 1 is 1.11 bits per heavy atom. The number of pyridine rings is 1. The van der Waals surface area contributed by atoms with Crippen molar-refractivity contribution in [3.63, 3.8) is 0 Å². The van der Waals surface area contributed by atoms with E-state index in [4.69, 9.17) is 0 Å². The number of H-pyrrole nitrogens is 1. The first-order valence-corrected chi connectivity index (χ1v) is 10.1. The van der Waals surface area contributed by atoms with E-state index in [-0.39, 0.29) is 29.0 Å². The van der Waals surface area contributed by atoms with Gasteiger partial charge in [-0.15, -0.1) is 0 Å². The van der Waals surface area contributed by atoms with Gasteiger partial charge in [-0.3, -0.25) is 13.5 Å². The van der Waals surface area contributed by atoms with Crippen LogP contribution in [0.15, 0.2) is 46.1 Å². The molecule has 0 bridgehead atoms. The van der Waals surface area contributed by atoms with Gasteiger partial charge in [-0.1, -0.05) is 23.7 Å². The lowest BCUT2D eigenvalue weighted by atomic mass is 9.93. The van der Waals surface area contributed by atoms with E-state index in [0.717, 1.165) is 17.5 Å². The average Bonchev–Trinajstić information content (AvgIpc) is 3.05. The van der Waals surface area contributed by atoms with Gasteiger partial charge in [-0.25, -0.2) is 9.97 Å². The Kier molecular flexibility index (Phi) is 4.10. The van der Waals surface area contributed by atoms with E-state index >= 15 is 0 Å². The second kappa shape index (κ2) is 6.65. The fraction of sp³-hybridized carbons (Fsp3) is 0.300. The maximum atomic E-state index is 13.0. The molecule has 28 heavy (non-hydrogen) atoms. The number of fused-ring (bicyclic) bond motifs is 2. The lowest BCUT2D eigenvalue weighted by molar-refractivity contribution is 0.112. The zero-order chi connectivity index (χ0) is 19.3. The maximum absolute atomic E-state index is 13.0. The van der Waals surface area contributed by atoms with Crippen LogP contribution < -0.4 is 11.1 Å². The highest BCUT2D eigenvalue weighted by Crippen LogP contribution is 2.34. The van der Waals surface area contributed by atoms with Gasteiger partial charge in [0.2, 0.25) is 0 Å². The molecule has 0 unspecified atom stereocenters. The van der Waals surface area contributed by atoms with E-state index in [1.54, 1.807) is 34.4 Å². The molecule has 1 saturated carbocycles. The van der Waals surface area contributed by atoms with Gasteiger partial charge in [0.25, 0.3) is 11.1 Å². The van der Waals surface area contributed by atoms with Crippen LogP contribution in [0.2, 0.25) is 0 Å². The number of aromatic amines is 1. The van der Waals surface area contributed by atoms with Crippen LogP contribution in [0.25, 0.3) is 32.5 Å². The second-order valence-corrected chi connectivity index (χ2v) is 8.14. The fourth-order valence-electron chi connectivity index (χ4n) is 3.89. The molecular formula is C20H18N4O3S. The van der Waals surface area contributed by atoms with Crippen LogP contribution in [-0.4, -0.2) is 30.1 Å². The molecule has 0 aliphatic heterocycles. The first kappa shape index (κ1) is 17.3. The van der Waals surface area contributed by atoms with Gasteiger partial charge < -0.3 is 10.1 Å². The number of aliphatic hydroxyl groups excluding tert-OH is 1. The molecule has 1 aromatic carbocycles. The monoisotopic (exact) mass is 394 g/mol. The predicted octanol–water partition coefficient (Wildman–Crippen LogP) is 2.84. The van der Waals surface area contributed by atoms with Crippen LogP contribution in [0.1, 0.15) is 31.7 Å². The summed E-state index contributed by atoms with van der Waals surface area (Å²) in [6.07, 6.45) is 4.32. The number of nitrogens with one attached hydrogen (secondary N) is 1. The molecular weight excluding hydrogens is 376 g/mol. The van der Waals surface area contributed by atoms with Crippen LogP contribution in [0, 0.1) is 0 Å². The Morgan fingerprint density at radius 2 is 1.93 bits per heavy atom. The first-order valence-electron chi connectivity index (χ1n) is 9.30. The topological polar surface area (TPSA) is 101 Å². The predicted molar refractivity (Wildman–Crippen MR) is 109 cm³/mol. The lowest BCUT2D eigenvalue weighted by Crippen LogP contribution is -2.25. The minimum atomic E-state index is -0.304. The number of nitrogens with zero attached hydrogens (tertiary/aromatic N) is 3. The summed E-state index contributed by atoms with van der Waals surface area (Å²) in [5.74, 6) is 0. The molecule has 1 aliphatic carbocycles. The highest BCUT2D eigenvalue weighted by molar-refractivity contribution is 7.14. The van der Waals surface area contributed by atoms with Crippen molar-refractivity contribution in [1.29, 1.82) is 0 Å². The summed E-state index contributed by atoms with van der Waals surface area (Å²) in [6, 6.07) is 8.98. The van der Waals surface area contributed by atoms with Gasteiger partial charge >= 0.3 is 0 Å². The number of rotatable bonds is 2. The van der Waals surface area contributed by atoms with Crippen molar-refractivity contribution >= 4 is 32.8 Å². The van der Waals surface area contributed by atoms with Crippen molar-refractivity contribution in [2.75, 3.05) is 0 Å². The van der Waals surface area contributed by atoms with Crippen molar-refractivity contribution in [2.24, 2.45) is 0 Å². The molecule has 0 saturated heterocycles. The third kappa shape index (κ3) is 2.76. The summed E-state index contributed by atoms with van der Waals surface area (Å²) in [4.78, 5) is 37.1. The Labute approximate surface area is 163 Å². The molecule has 2 N–H and O–H groups in total. The van der Waals surface area contributed by atoms with E-state index in [2.05, 4.69) is 15.0 Å². The molecule has 0 radical (unpaired) electrons. The largest absolute Gasteiger partial charge is 0.393 e. The molecule has 0 spiro atoms. The Hall–Kier alpha value is -2.84. The van der Waals surface area contributed by atoms with Crippen molar-refractivity contribution < 1.29 is 5.11 Å². The summed E-state index contributed by atoms with van der Waals surface area (Å²) in [5.41, 5.74) is 1.60. The van der Waals surface area contributed by atoms with E-state index in [9.17, 15) is 14.7 Å². The van der Waals surface area contributed by atoms with Gasteiger partial charge in [0.15, 0.2) is 5.65 Å². The second-order valence-electron chi connectivity index (χ2n) is 7.16. The average molecular weight is 394 g/mol. The van der Waals surface area contributed by atoms with Gasteiger partial charge in [-0.2, -0.15) is 0 Å². The molecule has 1 aliphatic rings. The third-order valence-electron chi connectivity index (χ3n) is 5.36. The third-order valence-corrected chi connectivity index (χ3v) is 6.64. The van der Waals surface area contributed by atoms with E-state index < -0.39 is 0 Å². The maximum Gasteiger partial charge on any atom is 0.275 e. The number of aliphatic hydroxyl groups is 1. The minimum Gasteiger partial charge on any atom is -0.393 e. The summed E-state index contributed by atoms with van der Waals surface area (Å²) in [5, 5.41) is 10.3. The molecule has 142 valence electrons. The lowest BCUT2D eigenvalue weighted by Gasteiger charge is -2.25. The highest BCUT2D eigenvalue weighted by atomic mass is 32.1. The summed E-state index contributed by atoms with van der Waals surface area (Å²) in [6.45, 7) is 0. The molecule has 7 nitrogen and oxygen atoms in total. The van der Waals surface area contributed by atoms with E-state index in [0.29, 0.717) is 35.0 Å². The standard InChI is InChI=1S/C20H18N4O3S/c25-12-8-6-11(7-9-12)24-20(27)14-4-1-3-13(17(14)28-24)16-19(26)22-15-5-2-10-21-18(15)23-16/h1-5,10-12,25H,6-9H2,(H,22,26). The molecule has 0 amide bonds. The first-order chi connectivity index (χ1) is 13.6. The van der Waals surface area contributed by atoms with E-state index in [1.165, 1.54) is 11.5 Å². The van der Waals surface area contributed by atoms with Crippen LogP contribution in [0.3, 0.4) is 0 Å². The van der Waals surface area contributed by atoms with Crippen LogP contribution >= 0.6 is 11.5 Å². The highest BCUT2D eigenvalue weighted by Gasteiger charge is 2.25. The zero-order valence-corrected chi connectivity index (χ0v) is 15.8. The Morgan fingerprint density at radius 3 is 2.75 bits per heavy atom. The van der Waals surface area contributed by atoms with Gasteiger partial charge in [0.1, 0.15) is 5.69 Å². The number of hydrogen-bond acceptors (Lipinski definition) is 6. The molecule has 5 rings (SSSR count). The normalized spacial score (nSPS) is 20.0. The summed E-state index contributed by atoms with van der Waals surface area (Å²) >= 11 is 1.38. The molecule has 3 heterocycles. The SMILES string of the molecule is O=c1[nH]c2cccnc2nc1-c1cccc2c(=O)n(C3CCC(O)CC3)sc12. The van der Waals surface area contributed by atoms with Gasteiger partial charge in [0, 0.05) is 17.8 Å². The van der Waals surface area contributed by atoms with Crippen LogP contribution in [-0.2, 0) is 0 Å². The van der Waals surface area contributed by atoms with Crippen molar-refractivity contribution in [3.05, 3.63) is 57.2 Å². The fourth-order valence-corrected chi connectivity index (χ4v) is 5.14. The van der Waals surface area contributed by atoms with Gasteiger partial charge in [0.05, 0.1) is 21.7 Å². The Balaban J connectivity index is 1.69. The van der Waals surface area contributed by atoms with E-state index in [1.807, 2.05) is 6.07 Å². The van der Waals surface area contributed by atoms with Crippen LogP contribution in [0.4, 0.5) is 0 Å². The molecule has 4 aromatic rings. The summed E-state index contributed by atoms with van der Waals surface area (Å²) in [7, 11) is 0. The number of hydrogen-bond donors (Lipinski definition) is 2. The minimum absolute atomic E-state index is 0.0430. The van der Waals surface area contributed by atoms with Crippen molar-refractivity contribution in [1.82, 2.24) is 18.9 Å². The number of benzene rings is 1. The van der Waals surface area contributed by atoms with Crippen LogP contribution in [0.5, 0.6) is 0 Å². The summed E-state index contributed by atoms with van der Waals surface area (Å²) < 4.78 is 2.56. The smallest absolute Gasteiger partial charge is 0.275 e. The quantitative estimate of drug-likeness (QED) is 0.544. The van der Waals surface area contributed by atoms with Crippen molar-refractivity contribution in [2.45, 2.75) is 37.8 Å². The molecule has 3 aromatic heterocycles. The molecule has 0 atom stereocenters. The van der Waals surface area contributed by atoms with Gasteiger partial charge in [-0.05, 0) is 43.9 Å². The number of aromatic nitrogens is 4. The molecule has 8 heteroatoms. The Bertz CT molecular complexity index is 1300.